The molecule has 0 saturated carbocycles. The van der Waals surface area contributed by atoms with Gasteiger partial charge in [0.2, 0.25) is 0 Å². The van der Waals surface area contributed by atoms with Gasteiger partial charge >= 0.3 is 11.7 Å². The van der Waals surface area contributed by atoms with Crippen LogP contribution in [0.4, 0.5) is 0 Å². The number of aryl methyl sites for hydroxylation is 2. The minimum absolute atomic E-state index is 0.0660. The van der Waals surface area contributed by atoms with E-state index in [0.29, 0.717) is 5.69 Å². The van der Waals surface area contributed by atoms with E-state index in [-0.39, 0.29) is 5.69 Å². The lowest BCUT2D eigenvalue weighted by molar-refractivity contribution is 0.0688. The van der Waals surface area contributed by atoms with Crippen molar-refractivity contribution in [1.29, 1.82) is 0 Å². The number of aromatic nitrogens is 2. The predicted octanol–water partition coefficient (Wildman–Crippen LogP) is 1.48. The number of aromatic carboxylic acids is 1. The molecule has 0 aliphatic rings. The Labute approximate surface area is 97.3 Å². The van der Waals surface area contributed by atoms with Gasteiger partial charge in [0.15, 0.2) is 5.69 Å². The first-order valence-corrected chi connectivity index (χ1v) is 5.12. The molecular weight excluding hydrogens is 220 g/mol. The van der Waals surface area contributed by atoms with Crippen LogP contribution in [0.3, 0.4) is 0 Å². The second-order valence-electron chi connectivity index (χ2n) is 3.91. The highest BCUT2D eigenvalue weighted by Gasteiger charge is 2.15. The summed E-state index contributed by atoms with van der Waals surface area (Å²) in [5, 5.41) is 9.02. The molecule has 0 radical (unpaired) electrons. The fourth-order valence-electron chi connectivity index (χ4n) is 1.73. The van der Waals surface area contributed by atoms with Crippen LogP contribution in [0.5, 0.6) is 0 Å². The lowest BCUT2D eigenvalue weighted by Gasteiger charge is -2.08. The zero-order chi connectivity index (χ0) is 12.6. The van der Waals surface area contributed by atoms with E-state index in [1.54, 1.807) is 6.07 Å². The van der Waals surface area contributed by atoms with Crippen LogP contribution in [0.15, 0.2) is 29.2 Å². The zero-order valence-electron chi connectivity index (χ0n) is 9.52. The summed E-state index contributed by atoms with van der Waals surface area (Å²) in [6.45, 7) is 3.72. The summed E-state index contributed by atoms with van der Waals surface area (Å²) in [5.41, 5.74) is 1.89. The molecule has 2 rings (SSSR count). The van der Waals surface area contributed by atoms with Crippen LogP contribution < -0.4 is 5.69 Å². The van der Waals surface area contributed by atoms with Gasteiger partial charge in [0.05, 0.1) is 5.69 Å². The molecule has 0 saturated heterocycles. The van der Waals surface area contributed by atoms with Gasteiger partial charge in [-0.3, -0.25) is 4.57 Å². The highest BCUT2D eigenvalue weighted by Crippen LogP contribution is 2.16. The molecule has 0 amide bonds. The van der Waals surface area contributed by atoms with Crippen molar-refractivity contribution in [2.45, 2.75) is 13.8 Å². The molecule has 0 atom stereocenters. The SMILES string of the molecule is Cc1ccc(C)c(-n2c(C(=O)O)c[nH]c2=O)c1. The van der Waals surface area contributed by atoms with Gasteiger partial charge in [-0.15, -0.1) is 0 Å². The van der Waals surface area contributed by atoms with Gasteiger partial charge in [-0.25, -0.2) is 9.59 Å². The Hall–Kier alpha value is -2.30. The fourth-order valence-corrected chi connectivity index (χ4v) is 1.73. The summed E-state index contributed by atoms with van der Waals surface area (Å²) in [7, 11) is 0. The summed E-state index contributed by atoms with van der Waals surface area (Å²) >= 11 is 0. The standard InChI is InChI=1S/C12H12N2O3/c1-7-3-4-8(2)9(5-7)14-10(11(15)16)6-13-12(14)17/h3-6H,1-2H3,(H,13,17)(H,15,16). The van der Waals surface area contributed by atoms with E-state index in [0.717, 1.165) is 11.1 Å². The van der Waals surface area contributed by atoms with E-state index < -0.39 is 11.7 Å². The maximum absolute atomic E-state index is 11.7. The summed E-state index contributed by atoms with van der Waals surface area (Å²) in [5.74, 6) is -1.13. The monoisotopic (exact) mass is 232 g/mol. The van der Waals surface area contributed by atoms with Crippen molar-refractivity contribution in [2.24, 2.45) is 0 Å². The first-order chi connectivity index (χ1) is 8.00. The molecule has 88 valence electrons. The van der Waals surface area contributed by atoms with Crippen LogP contribution in [0.25, 0.3) is 5.69 Å². The van der Waals surface area contributed by atoms with Crippen LogP contribution in [0.1, 0.15) is 21.6 Å². The van der Waals surface area contributed by atoms with E-state index >= 15 is 0 Å². The second kappa shape index (κ2) is 3.93. The van der Waals surface area contributed by atoms with Crippen molar-refractivity contribution in [3.63, 3.8) is 0 Å². The predicted molar refractivity (Wildman–Crippen MR) is 62.8 cm³/mol. The van der Waals surface area contributed by atoms with E-state index in [4.69, 9.17) is 5.11 Å². The molecule has 0 aliphatic carbocycles. The van der Waals surface area contributed by atoms with Gasteiger partial charge in [-0.2, -0.15) is 0 Å². The highest BCUT2D eigenvalue weighted by molar-refractivity contribution is 5.86. The lowest BCUT2D eigenvalue weighted by Crippen LogP contribution is -2.20. The molecule has 0 aliphatic heterocycles. The molecule has 0 fully saturated rings. The van der Waals surface area contributed by atoms with Gasteiger partial charge in [0.25, 0.3) is 0 Å². The molecule has 2 N–H and O–H groups in total. The lowest BCUT2D eigenvalue weighted by atomic mass is 10.1. The topological polar surface area (TPSA) is 75.1 Å². The minimum atomic E-state index is -1.13. The highest BCUT2D eigenvalue weighted by atomic mass is 16.4. The third-order valence-corrected chi connectivity index (χ3v) is 2.60. The van der Waals surface area contributed by atoms with Crippen LogP contribution >= 0.6 is 0 Å². The molecule has 0 spiro atoms. The number of nitrogens with one attached hydrogen (secondary N) is 1. The number of carboxylic acid groups (broad SMARTS) is 1. The summed E-state index contributed by atoms with van der Waals surface area (Å²) < 4.78 is 1.17. The van der Waals surface area contributed by atoms with Gasteiger partial charge < -0.3 is 10.1 Å². The number of nitrogens with zero attached hydrogens (tertiary/aromatic N) is 1. The van der Waals surface area contributed by atoms with E-state index in [1.807, 2.05) is 26.0 Å². The van der Waals surface area contributed by atoms with Crippen LogP contribution in [-0.4, -0.2) is 20.6 Å². The Kier molecular flexibility index (Phi) is 2.59. The van der Waals surface area contributed by atoms with Crippen molar-refractivity contribution < 1.29 is 9.90 Å². The van der Waals surface area contributed by atoms with Crippen LogP contribution in [0, 0.1) is 13.8 Å². The number of hydrogen-bond acceptors (Lipinski definition) is 2. The molecule has 0 unspecified atom stereocenters. The normalized spacial score (nSPS) is 10.5. The van der Waals surface area contributed by atoms with Crippen molar-refractivity contribution in [3.05, 3.63) is 51.7 Å². The summed E-state index contributed by atoms with van der Waals surface area (Å²) in [4.78, 5) is 25.1. The Balaban J connectivity index is 2.76. The van der Waals surface area contributed by atoms with Crippen molar-refractivity contribution in [1.82, 2.24) is 9.55 Å². The molecule has 5 nitrogen and oxygen atoms in total. The number of imidazole rings is 1. The average Bonchev–Trinajstić information content (AvgIpc) is 2.64. The Morgan fingerprint density at radius 1 is 1.35 bits per heavy atom. The number of carbonyl (C=O) groups is 1. The van der Waals surface area contributed by atoms with Crippen LogP contribution in [0.2, 0.25) is 0 Å². The summed E-state index contributed by atoms with van der Waals surface area (Å²) in [6, 6.07) is 5.56. The Morgan fingerprint density at radius 3 is 2.71 bits per heavy atom. The number of carboxylic acids is 1. The molecule has 1 aromatic carbocycles. The van der Waals surface area contributed by atoms with Gasteiger partial charge in [-0.1, -0.05) is 12.1 Å². The Bertz CT molecular complexity index is 637. The number of aromatic amines is 1. The van der Waals surface area contributed by atoms with E-state index in [9.17, 15) is 9.59 Å². The van der Waals surface area contributed by atoms with Crippen molar-refractivity contribution >= 4 is 5.97 Å². The minimum Gasteiger partial charge on any atom is -0.477 e. The molecule has 1 aromatic heterocycles. The van der Waals surface area contributed by atoms with Gasteiger partial charge in [0.1, 0.15) is 0 Å². The third kappa shape index (κ3) is 1.87. The first-order valence-electron chi connectivity index (χ1n) is 5.12. The quantitative estimate of drug-likeness (QED) is 0.823. The summed E-state index contributed by atoms with van der Waals surface area (Å²) in [6.07, 6.45) is 1.20. The number of hydrogen-bond donors (Lipinski definition) is 2. The first kappa shape index (κ1) is 11.2. The van der Waals surface area contributed by atoms with Gasteiger partial charge in [-0.05, 0) is 31.0 Å². The molecule has 2 aromatic rings. The molecule has 0 bridgehead atoms. The van der Waals surface area contributed by atoms with Gasteiger partial charge in [0, 0.05) is 6.20 Å². The molecule has 1 heterocycles. The molecule has 5 heteroatoms. The Morgan fingerprint density at radius 2 is 2.06 bits per heavy atom. The smallest absolute Gasteiger partial charge is 0.354 e. The number of H-pyrrole nitrogens is 1. The van der Waals surface area contributed by atoms with Crippen molar-refractivity contribution in [2.75, 3.05) is 0 Å². The van der Waals surface area contributed by atoms with Crippen molar-refractivity contribution in [3.8, 4) is 5.69 Å². The third-order valence-electron chi connectivity index (χ3n) is 2.60. The van der Waals surface area contributed by atoms with E-state index in [2.05, 4.69) is 4.98 Å². The number of benzene rings is 1. The fraction of sp³-hybridized carbons (Fsp3) is 0.167. The molecule has 17 heavy (non-hydrogen) atoms. The maximum Gasteiger partial charge on any atom is 0.354 e. The van der Waals surface area contributed by atoms with Crippen LogP contribution in [-0.2, 0) is 0 Å². The second-order valence-corrected chi connectivity index (χ2v) is 3.91. The largest absolute Gasteiger partial charge is 0.477 e. The van der Waals surface area contributed by atoms with E-state index in [1.165, 1.54) is 10.8 Å². The zero-order valence-corrected chi connectivity index (χ0v) is 9.52. The number of rotatable bonds is 2. The molecular formula is C12H12N2O3. The average molecular weight is 232 g/mol. The maximum atomic E-state index is 11.7.